The molecule has 0 saturated heterocycles. The van der Waals surface area contributed by atoms with Crippen LogP contribution in [-0.2, 0) is 11.3 Å². The van der Waals surface area contributed by atoms with Crippen molar-refractivity contribution < 1.29 is 19.1 Å². The van der Waals surface area contributed by atoms with E-state index >= 15 is 0 Å². The van der Waals surface area contributed by atoms with Crippen molar-refractivity contribution in [1.29, 1.82) is 0 Å². The Morgan fingerprint density at radius 1 is 1.08 bits per heavy atom. The Labute approximate surface area is 146 Å². The average molecular weight is 343 g/mol. The van der Waals surface area contributed by atoms with Crippen LogP contribution < -0.4 is 25.4 Å². The highest BCUT2D eigenvalue weighted by Crippen LogP contribution is 2.27. The molecule has 0 aliphatic heterocycles. The Morgan fingerprint density at radius 2 is 1.80 bits per heavy atom. The van der Waals surface area contributed by atoms with Gasteiger partial charge in [-0.3, -0.25) is 4.79 Å². The zero-order valence-corrected chi connectivity index (χ0v) is 14.4. The number of urea groups is 1. The molecule has 2 rings (SSSR count). The summed E-state index contributed by atoms with van der Waals surface area (Å²) >= 11 is 0. The minimum Gasteiger partial charge on any atom is -0.493 e. The third kappa shape index (κ3) is 4.41. The van der Waals surface area contributed by atoms with Gasteiger partial charge in [0.05, 0.1) is 19.9 Å². The van der Waals surface area contributed by atoms with Gasteiger partial charge in [0.1, 0.15) is 0 Å². The van der Waals surface area contributed by atoms with Crippen LogP contribution in [0.5, 0.6) is 11.5 Å². The van der Waals surface area contributed by atoms with Crippen LogP contribution in [0.2, 0.25) is 0 Å². The Morgan fingerprint density at radius 3 is 2.40 bits per heavy atom. The number of benzene rings is 2. The van der Waals surface area contributed by atoms with Gasteiger partial charge in [-0.25, -0.2) is 9.69 Å². The smallest absolute Gasteiger partial charge is 0.329 e. The van der Waals surface area contributed by atoms with Crippen LogP contribution in [0.25, 0.3) is 0 Å². The van der Waals surface area contributed by atoms with Gasteiger partial charge >= 0.3 is 6.03 Å². The van der Waals surface area contributed by atoms with Gasteiger partial charge in [0, 0.05) is 19.2 Å². The van der Waals surface area contributed by atoms with Crippen molar-refractivity contribution in [3.63, 3.8) is 0 Å². The molecule has 0 heterocycles. The van der Waals surface area contributed by atoms with Gasteiger partial charge in [-0.15, -0.1) is 0 Å². The molecule has 0 bridgehead atoms. The van der Waals surface area contributed by atoms with Crippen molar-refractivity contribution in [2.45, 2.75) is 13.5 Å². The zero-order chi connectivity index (χ0) is 18.4. The van der Waals surface area contributed by atoms with Gasteiger partial charge in [-0.05, 0) is 35.9 Å². The van der Waals surface area contributed by atoms with Crippen molar-refractivity contribution in [2.75, 3.05) is 24.9 Å². The number of carbonyl (C=O) groups excluding carboxylic acids is 2. The molecule has 0 aliphatic carbocycles. The van der Waals surface area contributed by atoms with E-state index in [1.807, 2.05) is 0 Å². The fourth-order valence-corrected chi connectivity index (χ4v) is 2.35. The highest BCUT2D eigenvalue weighted by Gasteiger charge is 2.20. The second-order valence-corrected chi connectivity index (χ2v) is 5.30. The van der Waals surface area contributed by atoms with Gasteiger partial charge in [0.15, 0.2) is 11.5 Å². The maximum atomic E-state index is 12.4. The van der Waals surface area contributed by atoms with Crippen molar-refractivity contribution in [1.82, 2.24) is 5.32 Å². The molecule has 0 atom stereocenters. The topological polar surface area (TPSA) is 93.9 Å². The van der Waals surface area contributed by atoms with E-state index in [9.17, 15) is 9.59 Å². The summed E-state index contributed by atoms with van der Waals surface area (Å²) in [7, 11) is 3.09. The number of nitrogens with one attached hydrogen (secondary N) is 1. The third-order valence-electron chi connectivity index (χ3n) is 3.54. The molecule has 7 nitrogen and oxygen atoms in total. The zero-order valence-electron chi connectivity index (χ0n) is 14.4. The summed E-state index contributed by atoms with van der Waals surface area (Å²) in [5.41, 5.74) is 7.42. The summed E-state index contributed by atoms with van der Waals surface area (Å²) in [5.74, 6) is 0.756. The predicted molar refractivity (Wildman–Crippen MR) is 95.8 cm³/mol. The van der Waals surface area contributed by atoms with Crippen molar-refractivity contribution in [3.8, 4) is 11.5 Å². The maximum absolute atomic E-state index is 12.4. The first kappa shape index (κ1) is 18.1. The Hall–Kier alpha value is -3.22. The number of anilines is 2. The fraction of sp³-hybridized carbons (Fsp3) is 0.222. The number of hydrogen-bond acceptors (Lipinski definition) is 5. The molecule has 0 fully saturated rings. The lowest BCUT2D eigenvalue weighted by Crippen LogP contribution is -2.42. The molecule has 132 valence electrons. The molecule has 7 heteroatoms. The molecule has 3 amide bonds. The van der Waals surface area contributed by atoms with Crippen molar-refractivity contribution >= 4 is 23.3 Å². The number of ether oxygens (including phenoxy) is 2. The molecule has 2 aromatic carbocycles. The van der Waals surface area contributed by atoms with Crippen LogP contribution in [0.15, 0.2) is 42.5 Å². The van der Waals surface area contributed by atoms with E-state index in [0.717, 1.165) is 10.5 Å². The summed E-state index contributed by atoms with van der Waals surface area (Å²) in [6.07, 6.45) is 0. The molecular formula is C18H21N3O4. The van der Waals surface area contributed by atoms with Crippen LogP contribution in [0.1, 0.15) is 12.5 Å². The van der Waals surface area contributed by atoms with Crippen LogP contribution in [-0.4, -0.2) is 26.2 Å². The molecule has 0 aromatic heterocycles. The lowest BCUT2D eigenvalue weighted by atomic mass is 10.2. The second kappa shape index (κ2) is 8.05. The highest BCUT2D eigenvalue weighted by atomic mass is 16.5. The molecule has 2 aromatic rings. The lowest BCUT2D eigenvalue weighted by molar-refractivity contribution is -0.115. The van der Waals surface area contributed by atoms with Gasteiger partial charge in [-0.2, -0.15) is 0 Å². The normalized spacial score (nSPS) is 10.0. The minimum absolute atomic E-state index is 0.227. The number of hydrogen-bond donors (Lipinski definition) is 2. The Balaban J connectivity index is 2.13. The first-order chi connectivity index (χ1) is 12.0. The Bertz CT molecular complexity index is 777. The molecule has 0 spiro atoms. The van der Waals surface area contributed by atoms with Gasteiger partial charge in [0.2, 0.25) is 5.91 Å². The first-order valence-corrected chi connectivity index (χ1v) is 7.61. The number of carbonyl (C=O) groups is 2. The summed E-state index contributed by atoms with van der Waals surface area (Å²) in [4.78, 5) is 25.4. The van der Waals surface area contributed by atoms with E-state index in [0.29, 0.717) is 22.9 Å². The number of methoxy groups -OCH3 is 2. The largest absolute Gasteiger partial charge is 0.493 e. The number of nitrogen functional groups attached to an aromatic ring is 1. The summed E-state index contributed by atoms with van der Waals surface area (Å²) < 4.78 is 10.4. The first-order valence-electron chi connectivity index (χ1n) is 7.61. The van der Waals surface area contributed by atoms with Gasteiger partial charge < -0.3 is 20.5 Å². The molecule has 0 radical (unpaired) electrons. The molecule has 25 heavy (non-hydrogen) atoms. The van der Waals surface area contributed by atoms with Gasteiger partial charge in [0.25, 0.3) is 0 Å². The average Bonchev–Trinajstić information content (AvgIpc) is 2.59. The number of imide groups is 1. The minimum atomic E-state index is -0.534. The molecule has 0 saturated carbocycles. The highest BCUT2D eigenvalue weighted by molar-refractivity contribution is 6.13. The lowest BCUT2D eigenvalue weighted by Gasteiger charge is -2.20. The number of nitrogens with two attached hydrogens (primary N) is 1. The molecular weight excluding hydrogens is 322 g/mol. The van der Waals surface area contributed by atoms with E-state index in [1.54, 1.807) is 49.6 Å². The number of rotatable bonds is 5. The summed E-state index contributed by atoms with van der Waals surface area (Å²) in [6.45, 7) is 1.55. The molecule has 0 unspecified atom stereocenters. The van der Waals surface area contributed by atoms with Crippen LogP contribution in [0.3, 0.4) is 0 Å². The summed E-state index contributed by atoms with van der Waals surface area (Å²) in [6, 6.07) is 11.4. The number of amides is 3. The molecule has 0 aliphatic rings. The third-order valence-corrected chi connectivity index (χ3v) is 3.54. The van der Waals surface area contributed by atoms with Crippen LogP contribution >= 0.6 is 0 Å². The van der Waals surface area contributed by atoms with E-state index in [2.05, 4.69) is 5.32 Å². The maximum Gasteiger partial charge on any atom is 0.329 e. The van der Waals surface area contributed by atoms with Crippen LogP contribution in [0.4, 0.5) is 16.2 Å². The van der Waals surface area contributed by atoms with E-state index in [4.69, 9.17) is 15.2 Å². The quantitative estimate of drug-likeness (QED) is 0.814. The van der Waals surface area contributed by atoms with Gasteiger partial charge in [-0.1, -0.05) is 12.1 Å². The summed E-state index contributed by atoms with van der Waals surface area (Å²) in [5, 5.41) is 2.72. The Kier molecular flexibility index (Phi) is 5.84. The van der Waals surface area contributed by atoms with Crippen molar-refractivity contribution in [2.24, 2.45) is 0 Å². The van der Waals surface area contributed by atoms with Crippen molar-refractivity contribution in [3.05, 3.63) is 48.0 Å². The van der Waals surface area contributed by atoms with E-state index in [1.165, 1.54) is 14.0 Å². The molecule has 3 N–H and O–H groups in total. The van der Waals surface area contributed by atoms with Crippen LogP contribution in [0, 0.1) is 0 Å². The predicted octanol–water partition coefficient (Wildman–Crippen LogP) is 2.55. The van der Waals surface area contributed by atoms with E-state index in [-0.39, 0.29) is 6.54 Å². The van der Waals surface area contributed by atoms with E-state index < -0.39 is 11.9 Å². The fourth-order valence-electron chi connectivity index (χ4n) is 2.35. The number of nitrogens with zero attached hydrogens (tertiary/aromatic N) is 1. The second-order valence-electron chi connectivity index (χ2n) is 5.30. The standard InChI is InChI=1S/C18H21N3O4/c1-12(22)21(15-6-4-5-14(19)10-15)18(23)20-11-13-7-8-16(24-2)17(9-13)25-3/h4-10H,11,19H2,1-3H3,(H,20,23). The SMILES string of the molecule is COc1ccc(CNC(=O)N(C(C)=O)c2cccc(N)c2)cc1OC. The monoisotopic (exact) mass is 343 g/mol.